The van der Waals surface area contributed by atoms with Crippen LogP contribution in [-0.4, -0.2) is 78.4 Å². The summed E-state index contributed by atoms with van der Waals surface area (Å²) in [6.45, 7) is 7.40. The smallest absolute Gasteiger partial charge is 0.241 e. The molecule has 2 fully saturated rings. The number of hydrogen-bond donors (Lipinski definition) is 1. The minimum atomic E-state index is -0.235. The van der Waals surface area contributed by atoms with Gasteiger partial charge in [0.05, 0.1) is 23.3 Å². The van der Waals surface area contributed by atoms with E-state index in [2.05, 4.69) is 15.1 Å². The summed E-state index contributed by atoms with van der Waals surface area (Å²) in [6.07, 6.45) is 3.48. The molecule has 0 spiro atoms. The van der Waals surface area contributed by atoms with Gasteiger partial charge in [-0.25, -0.2) is 0 Å². The monoisotopic (exact) mass is 392 g/mol. The Morgan fingerprint density at radius 2 is 1.70 bits per heavy atom. The quantitative estimate of drug-likeness (QED) is 0.835. The van der Waals surface area contributed by atoms with E-state index in [0.29, 0.717) is 17.3 Å². The van der Waals surface area contributed by atoms with E-state index in [1.807, 2.05) is 24.0 Å². The second kappa shape index (κ2) is 9.53. The van der Waals surface area contributed by atoms with Crippen molar-refractivity contribution in [1.29, 1.82) is 0 Å². The minimum absolute atomic E-state index is 0.0547. The van der Waals surface area contributed by atoms with Gasteiger partial charge in [-0.2, -0.15) is 0 Å². The van der Waals surface area contributed by atoms with Crippen LogP contribution in [0.3, 0.4) is 0 Å². The Labute approximate surface area is 166 Å². The molecule has 2 aliphatic rings. The van der Waals surface area contributed by atoms with Crippen LogP contribution in [0, 0.1) is 0 Å². The van der Waals surface area contributed by atoms with Crippen LogP contribution < -0.4 is 5.32 Å². The average Bonchev–Trinajstić information content (AvgIpc) is 2.70. The highest BCUT2D eigenvalue weighted by molar-refractivity contribution is 6.33. The third-order valence-corrected chi connectivity index (χ3v) is 5.86. The first kappa shape index (κ1) is 20.1. The molecule has 0 aromatic heterocycles. The SMILES string of the molecule is CC(C(=O)Nc1ccccc1Cl)N1CCN(CC(=O)N2CCCCC2)CC1. The van der Waals surface area contributed by atoms with Gasteiger partial charge in [-0.05, 0) is 38.3 Å². The van der Waals surface area contributed by atoms with Gasteiger partial charge in [0.15, 0.2) is 0 Å². The fourth-order valence-corrected chi connectivity index (χ4v) is 3.89. The Morgan fingerprint density at radius 1 is 1.04 bits per heavy atom. The molecule has 0 saturated carbocycles. The Balaban J connectivity index is 1.44. The lowest BCUT2D eigenvalue weighted by molar-refractivity contribution is -0.134. The Bertz CT molecular complexity index is 655. The predicted octanol–water partition coefficient (Wildman–Crippen LogP) is 2.30. The fourth-order valence-electron chi connectivity index (χ4n) is 3.71. The first-order valence-electron chi connectivity index (χ1n) is 9.84. The van der Waals surface area contributed by atoms with Gasteiger partial charge < -0.3 is 10.2 Å². The molecule has 1 atom stereocenters. The van der Waals surface area contributed by atoms with Crippen LogP contribution in [0.2, 0.25) is 5.02 Å². The van der Waals surface area contributed by atoms with Crippen molar-refractivity contribution < 1.29 is 9.59 Å². The van der Waals surface area contributed by atoms with Crippen LogP contribution in [0.15, 0.2) is 24.3 Å². The van der Waals surface area contributed by atoms with Crippen molar-refractivity contribution in [3.05, 3.63) is 29.3 Å². The molecule has 0 aliphatic carbocycles. The molecule has 0 radical (unpaired) electrons. The first-order chi connectivity index (χ1) is 13.0. The maximum atomic E-state index is 12.5. The van der Waals surface area contributed by atoms with Crippen LogP contribution in [0.1, 0.15) is 26.2 Å². The van der Waals surface area contributed by atoms with E-state index in [4.69, 9.17) is 11.6 Å². The molecular formula is C20H29ClN4O2. The molecule has 1 aromatic carbocycles. The molecule has 1 N–H and O–H groups in total. The number of anilines is 1. The molecule has 7 heteroatoms. The van der Waals surface area contributed by atoms with Gasteiger partial charge >= 0.3 is 0 Å². The lowest BCUT2D eigenvalue weighted by Gasteiger charge is -2.38. The van der Waals surface area contributed by atoms with E-state index in [1.54, 1.807) is 12.1 Å². The molecule has 2 heterocycles. The van der Waals surface area contributed by atoms with Crippen molar-refractivity contribution in [2.45, 2.75) is 32.2 Å². The molecule has 1 unspecified atom stereocenters. The molecule has 2 amide bonds. The maximum Gasteiger partial charge on any atom is 0.241 e. The number of benzene rings is 1. The van der Waals surface area contributed by atoms with Crippen molar-refractivity contribution in [3.63, 3.8) is 0 Å². The van der Waals surface area contributed by atoms with Crippen molar-refractivity contribution in [2.24, 2.45) is 0 Å². The molecule has 1 aromatic rings. The van der Waals surface area contributed by atoms with E-state index in [1.165, 1.54) is 6.42 Å². The standard InChI is InChI=1S/C20H29ClN4O2/c1-16(20(27)22-18-8-4-3-7-17(18)21)24-13-11-23(12-14-24)15-19(26)25-9-5-2-6-10-25/h3-4,7-8,16H,2,5-6,9-15H2,1H3,(H,22,27). The Kier molecular flexibility index (Phi) is 7.10. The van der Waals surface area contributed by atoms with Gasteiger partial charge in [0.25, 0.3) is 0 Å². The number of amides is 2. The predicted molar refractivity (Wildman–Crippen MR) is 108 cm³/mol. The normalized spacial score (nSPS) is 20.3. The number of rotatable bonds is 5. The molecule has 2 saturated heterocycles. The number of carbonyl (C=O) groups is 2. The summed E-state index contributed by atoms with van der Waals surface area (Å²) in [6, 6.07) is 7.02. The second-order valence-corrected chi connectivity index (χ2v) is 7.81. The zero-order valence-electron chi connectivity index (χ0n) is 16.0. The number of para-hydroxylation sites is 1. The molecule has 3 rings (SSSR count). The van der Waals surface area contributed by atoms with Gasteiger partial charge in [-0.15, -0.1) is 0 Å². The molecule has 27 heavy (non-hydrogen) atoms. The number of likely N-dealkylation sites (tertiary alicyclic amines) is 1. The number of nitrogens with one attached hydrogen (secondary N) is 1. The summed E-state index contributed by atoms with van der Waals surface area (Å²) < 4.78 is 0. The summed E-state index contributed by atoms with van der Waals surface area (Å²) >= 11 is 6.12. The van der Waals surface area contributed by atoms with E-state index in [-0.39, 0.29) is 17.9 Å². The lowest BCUT2D eigenvalue weighted by atomic mass is 10.1. The van der Waals surface area contributed by atoms with Gasteiger partial charge in [0, 0.05) is 39.3 Å². The van der Waals surface area contributed by atoms with Crippen molar-refractivity contribution in [2.75, 3.05) is 51.1 Å². The molecule has 6 nitrogen and oxygen atoms in total. The maximum absolute atomic E-state index is 12.5. The number of piperidine rings is 1. The number of halogens is 1. The third-order valence-electron chi connectivity index (χ3n) is 5.53. The van der Waals surface area contributed by atoms with Crippen LogP contribution in [0.25, 0.3) is 0 Å². The van der Waals surface area contributed by atoms with E-state index in [9.17, 15) is 9.59 Å². The highest BCUT2D eigenvalue weighted by atomic mass is 35.5. The molecule has 0 bridgehead atoms. The van der Waals surface area contributed by atoms with E-state index < -0.39 is 0 Å². The highest BCUT2D eigenvalue weighted by Crippen LogP contribution is 2.21. The summed E-state index contributed by atoms with van der Waals surface area (Å²) in [5.74, 6) is 0.189. The first-order valence-corrected chi connectivity index (χ1v) is 10.2. The van der Waals surface area contributed by atoms with Crippen LogP contribution in [0.5, 0.6) is 0 Å². The Morgan fingerprint density at radius 3 is 2.37 bits per heavy atom. The van der Waals surface area contributed by atoms with E-state index in [0.717, 1.165) is 52.1 Å². The second-order valence-electron chi connectivity index (χ2n) is 7.40. The number of nitrogens with zero attached hydrogens (tertiary/aromatic N) is 3. The van der Waals surface area contributed by atoms with Gasteiger partial charge in [0.2, 0.25) is 11.8 Å². The fraction of sp³-hybridized carbons (Fsp3) is 0.600. The molecular weight excluding hydrogens is 364 g/mol. The molecule has 148 valence electrons. The summed E-state index contributed by atoms with van der Waals surface area (Å²) in [5.41, 5.74) is 0.641. The summed E-state index contributed by atoms with van der Waals surface area (Å²) in [7, 11) is 0. The van der Waals surface area contributed by atoms with Crippen molar-refractivity contribution in [1.82, 2.24) is 14.7 Å². The van der Waals surface area contributed by atoms with Crippen LogP contribution in [-0.2, 0) is 9.59 Å². The summed E-state index contributed by atoms with van der Waals surface area (Å²) in [4.78, 5) is 31.3. The minimum Gasteiger partial charge on any atom is -0.342 e. The molecule has 2 aliphatic heterocycles. The van der Waals surface area contributed by atoms with Crippen LogP contribution >= 0.6 is 11.6 Å². The number of carbonyl (C=O) groups excluding carboxylic acids is 2. The average molecular weight is 393 g/mol. The number of piperazine rings is 1. The Hall–Kier alpha value is -1.63. The van der Waals surface area contributed by atoms with Gasteiger partial charge in [-0.3, -0.25) is 19.4 Å². The highest BCUT2D eigenvalue weighted by Gasteiger charge is 2.27. The zero-order valence-corrected chi connectivity index (χ0v) is 16.7. The zero-order chi connectivity index (χ0) is 19.2. The van der Waals surface area contributed by atoms with E-state index >= 15 is 0 Å². The topological polar surface area (TPSA) is 55.9 Å². The third kappa shape index (κ3) is 5.43. The largest absolute Gasteiger partial charge is 0.342 e. The lowest BCUT2D eigenvalue weighted by Crippen LogP contribution is -2.54. The van der Waals surface area contributed by atoms with Crippen molar-refractivity contribution in [3.8, 4) is 0 Å². The number of hydrogen-bond acceptors (Lipinski definition) is 4. The summed E-state index contributed by atoms with van der Waals surface area (Å²) in [5, 5.41) is 3.45. The van der Waals surface area contributed by atoms with Gasteiger partial charge in [-0.1, -0.05) is 23.7 Å². The van der Waals surface area contributed by atoms with Crippen LogP contribution in [0.4, 0.5) is 5.69 Å². The van der Waals surface area contributed by atoms with Crippen molar-refractivity contribution >= 4 is 29.1 Å². The van der Waals surface area contributed by atoms with Gasteiger partial charge in [0.1, 0.15) is 0 Å².